The molecule has 3 nitrogen and oxygen atoms in total. The molecule has 0 saturated heterocycles. The lowest BCUT2D eigenvalue weighted by Gasteiger charge is -2.09. The third kappa shape index (κ3) is 3.72. The van der Waals surface area contributed by atoms with Crippen LogP contribution in [0.2, 0.25) is 0 Å². The minimum absolute atomic E-state index is 0.0163. The summed E-state index contributed by atoms with van der Waals surface area (Å²) < 4.78 is 0. The highest BCUT2D eigenvalue weighted by Gasteiger charge is 2.08. The number of benzene rings is 2. The summed E-state index contributed by atoms with van der Waals surface area (Å²) in [5, 5.41) is 12.4. The number of allylic oxidation sites excluding steroid dienone is 1. The largest absolute Gasteiger partial charge is 0.508 e. The molecule has 0 atom stereocenters. The topological polar surface area (TPSA) is 49.3 Å². The van der Waals surface area contributed by atoms with E-state index >= 15 is 0 Å². The first kappa shape index (κ1) is 13.9. The van der Waals surface area contributed by atoms with Gasteiger partial charge in [0, 0.05) is 23.0 Å². The highest BCUT2D eigenvalue weighted by atomic mass is 16.3. The van der Waals surface area contributed by atoms with Gasteiger partial charge in [-0.1, -0.05) is 42.5 Å². The monoisotopic (exact) mass is 267 g/mol. The highest BCUT2D eigenvalue weighted by Crippen LogP contribution is 2.18. The van der Waals surface area contributed by atoms with Crippen LogP contribution in [0.4, 0.5) is 5.69 Å². The summed E-state index contributed by atoms with van der Waals surface area (Å²) in [6.45, 7) is 5.83. The molecule has 0 heterocycles. The van der Waals surface area contributed by atoms with E-state index in [0.717, 1.165) is 5.56 Å². The Balaban J connectivity index is 1.97. The van der Waals surface area contributed by atoms with E-state index in [1.165, 1.54) is 0 Å². The Bertz CT molecular complexity index is 630. The molecule has 3 heteroatoms. The fourth-order valence-electron chi connectivity index (χ4n) is 1.87. The van der Waals surface area contributed by atoms with Gasteiger partial charge in [0.15, 0.2) is 5.78 Å². The van der Waals surface area contributed by atoms with Gasteiger partial charge in [0.2, 0.25) is 0 Å². The molecule has 2 aromatic rings. The van der Waals surface area contributed by atoms with Crippen LogP contribution in [0.5, 0.6) is 5.75 Å². The first-order valence-electron chi connectivity index (χ1n) is 6.38. The maximum absolute atomic E-state index is 12.1. The van der Waals surface area contributed by atoms with E-state index in [9.17, 15) is 9.90 Å². The molecule has 0 bridgehead atoms. The lowest BCUT2D eigenvalue weighted by molar-refractivity contribution is 0.0993. The number of ketones is 1. The summed E-state index contributed by atoms with van der Waals surface area (Å²) >= 11 is 0. The SMILES string of the molecule is C=C(CC(=O)c1ccc(C)cc1)Nc1cccc(O)c1. The Morgan fingerprint density at radius 1 is 1.20 bits per heavy atom. The van der Waals surface area contributed by atoms with Crippen molar-refractivity contribution in [3.8, 4) is 5.75 Å². The van der Waals surface area contributed by atoms with E-state index < -0.39 is 0 Å². The summed E-state index contributed by atoms with van der Waals surface area (Å²) in [5.41, 5.74) is 3.11. The molecule has 2 rings (SSSR count). The zero-order chi connectivity index (χ0) is 14.5. The molecular weight excluding hydrogens is 250 g/mol. The van der Waals surface area contributed by atoms with Crippen molar-refractivity contribution in [3.05, 3.63) is 71.9 Å². The van der Waals surface area contributed by atoms with Crippen molar-refractivity contribution in [3.63, 3.8) is 0 Å². The number of phenols is 1. The number of aryl methyl sites for hydroxylation is 1. The second-order valence-corrected chi connectivity index (χ2v) is 4.74. The smallest absolute Gasteiger partial charge is 0.168 e. The predicted molar refractivity (Wildman–Crippen MR) is 81.0 cm³/mol. The van der Waals surface area contributed by atoms with Crippen LogP contribution in [-0.4, -0.2) is 10.9 Å². The summed E-state index contributed by atoms with van der Waals surface area (Å²) in [4.78, 5) is 12.1. The number of phenolic OH excluding ortho intramolecular Hbond substituents is 1. The van der Waals surface area contributed by atoms with Gasteiger partial charge in [-0.25, -0.2) is 0 Å². The Hall–Kier alpha value is -2.55. The Labute approximate surface area is 118 Å². The molecular formula is C17H17NO2. The molecule has 0 saturated carbocycles. The van der Waals surface area contributed by atoms with Crippen molar-refractivity contribution in [2.24, 2.45) is 0 Å². The van der Waals surface area contributed by atoms with E-state index in [4.69, 9.17) is 0 Å². The van der Waals surface area contributed by atoms with Crippen molar-refractivity contribution in [2.45, 2.75) is 13.3 Å². The molecule has 0 aliphatic heterocycles. The van der Waals surface area contributed by atoms with Crippen LogP contribution >= 0.6 is 0 Å². The Kier molecular flexibility index (Phi) is 4.20. The van der Waals surface area contributed by atoms with Gasteiger partial charge in [0.25, 0.3) is 0 Å². The number of anilines is 1. The fraction of sp³-hybridized carbons (Fsp3) is 0.118. The molecule has 0 aromatic heterocycles. The first-order valence-corrected chi connectivity index (χ1v) is 6.38. The molecule has 102 valence electrons. The fourth-order valence-corrected chi connectivity index (χ4v) is 1.87. The van der Waals surface area contributed by atoms with Gasteiger partial charge >= 0.3 is 0 Å². The van der Waals surface area contributed by atoms with E-state index in [2.05, 4.69) is 11.9 Å². The normalized spacial score (nSPS) is 10.1. The number of Topliss-reactive ketones (excluding diaryl/α,β-unsaturated/α-hetero) is 1. The Morgan fingerprint density at radius 3 is 2.55 bits per heavy atom. The molecule has 2 aromatic carbocycles. The van der Waals surface area contributed by atoms with Crippen molar-refractivity contribution >= 4 is 11.5 Å². The molecule has 0 fully saturated rings. The minimum Gasteiger partial charge on any atom is -0.508 e. The quantitative estimate of drug-likeness (QED) is 0.808. The number of hydrogen-bond acceptors (Lipinski definition) is 3. The molecule has 0 aliphatic carbocycles. The van der Waals surface area contributed by atoms with Crippen LogP contribution in [0.3, 0.4) is 0 Å². The molecule has 2 N–H and O–H groups in total. The van der Waals surface area contributed by atoms with Crippen LogP contribution < -0.4 is 5.32 Å². The third-order valence-corrected chi connectivity index (χ3v) is 2.91. The first-order chi connectivity index (χ1) is 9.54. The van der Waals surface area contributed by atoms with Crippen molar-refractivity contribution in [2.75, 3.05) is 5.32 Å². The highest BCUT2D eigenvalue weighted by molar-refractivity contribution is 5.97. The van der Waals surface area contributed by atoms with Crippen LogP contribution in [0.1, 0.15) is 22.3 Å². The number of nitrogens with one attached hydrogen (secondary N) is 1. The summed E-state index contributed by atoms with van der Waals surface area (Å²) in [6.07, 6.45) is 0.221. The second-order valence-electron chi connectivity index (χ2n) is 4.74. The van der Waals surface area contributed by atoms with Crippen molar-refractivity contribution < 1.29 is 9.90 Å². The van der Waals surface area contributed by atoms with Gasteiger partial charge in [-0.2, -0.15) is 0 Å². The van der Waals surface area contributed by atoms with Gasteiger partial charge in [0.1, 0.15) is 5.75 Å². The van der Waals surface area contributed by atoms with Gasteiger partial charge in [-0.3, -0.25) is 4.79 Å². The van der Waals surface area contributed by atoms with E-state index in [1.54, 1.807) is 24.3 Å². The molecule has 20 heavy (non-hydrogen) atoms. The van der Waals surface area contributed by atoms with Gasteiger partial charge in [-0.15, -0.1) is 0 Å². The second kappa shape index (κ2) is 6.06. The molecule has 0 unspecified atom stereocenters. The Morgan fingerprint density at radius 2 is 1.90 bits per heavy atom. The maximum atomic E-state index is 12.1. The minimum atomic E-state index is 0.0163. The number of carbonyl (C=O) groups excluding carboxylic acids is 1. The zero-order valence-corrected chi connectivity index (χ0v) is 11.4. The third-order valence-electron chi connectivity index (χ3n) is 2.91. The van der Waals surface area contributed by atoms with Gasteiger partial charge in [-0.05, 0) is 19.1 Å². The van der Waals surface area contributed by atoms with Crippen molar-refractivity contribution in [1.29, 1.82) is 0 Å². The van der Waals surface area contributed by atoms with E-state index in [1.807, 2.05) is 31.2 Å². The number of aromatic hydroxyl groups is 1. The average Bonchev–Trinajstić information content (AvgIpc) is 2.39. The molecule has 0 radical (unpaired) electrons. The van der Waals surface area contributed by atoms with Crippen LogP contribution in [0.15, 0.2) is 60.8 Å². The van der Waals surface area contributed by atoms with Crippen LogP contribution in [-0.2, 0) is 0 Å². The van der Waals surface area contributed by atoms with E-state index in [0.29, 0.717) is 16.9 Å². The number of rotatable bonds is 5. The zero-order valence-electron chi connectivity index (χ0n) is 11.4. The standard InChI is InChI=1S/C17H17NO2/c1-12-6-8-14(9-7-12)17(20)10-13(2)18-15-4-3-5-16(19)11-15/h3-9,11,18-19H,2,10H2,1H3. The van der Waals surface area contributed by atoms with E-state index in [-0.39, 0.29) is 18.0 Å². The maximum Gasteiger partial charge on any atom is 0.168 e. The molecule has 0 amide bonds. The van der Waals surface area contributed by atoms with Crippen LogP contribution in [0.25, 0.3) is 0 Å². The summed E-state index contributed by atoms with van der Waals surface area (Å²) in [5.74, 6) is 0.190. The summed E-state index contributed by atoms with van der Waals surface area (Å²) in [6, 6.07) is 14.2. The average molecular weight is 267 g/mol. The van der Waals surface area contributed by atoms with Crippen LogP contribution in [0, 0.1) is 6.92 Å². The molecule has 0 spiro atoms. The summed E-state index contributed by atoms with van der Waals surface area (Å²) in [7, 11) is 0. The lowest BCUT2D eigenvalue weighted by Crippen LogP contribution is -2.06. The van der Waals surface area contributed by atoms with Gasteiger partial charge in [0.05, 0.1) is 6.42 Å². The van der Waals surface area contributed by atoms with Gasteiger partial charge < -0.3 is 10.4 Å². The van der Waals surface area contributed by atoms with Crippen molar-refractivity contribution in [1.82, 2.24) is 0 Å². The lowest BCUT2D eigenvalue weighted by atomic mass is 10.1. The predicted octanol–water partition coefficient (Wildman–Crippen LogP) is 3.90. The number of carbonyl (C=O) groups is 1. The molecule has 0 aliphatic rings. The number of hydrogen-bond donors (Lipinski definition) is 2.